The number of nitrogens with zero attached hydrogens (tertiary/aromatic N) is 3. The van der Waals surface area contributed by atoms with Crippen LogP contribution in [0.5, 0.6) is 11.8 Å². The van der Waals surface area contributed by atoms with Crippen LogP contribution in [0.4, 0.5) is 0 Å². The lowest BCUT2D eigenvalue weighted by atomic mass is 10.0. The maximum Gasteiger partial charge on any atom is 0.326 e. The van der Waals surface area contributed by atoms with Gasteiger partial charge in [-0.05, 0) is 42.7 Å². The highest BCUT2D eigenvalue weighted by Gasteiger charge is 2.42. The van der Waals surface area contributed by atoms with Gasteiger partial charge >= 0.3 is 12.0 Å². The minimum absolute atomic E-state index is 0.240. The van der Waals surface area contributed by atoms with Crippen molar-refractivity contribution in [1.82, 2.24) is 14.9 Å². The number of benzene rings is 2. The number of aliphatic carboxylic acids is 1. The lowest BCUT2D eigenvalue weighted by Crippen LogP contribution is -2.41. The van der Waals surface area contributed by atoms with Crippen LogP contribution < -0.4 is 9.47 Å². The molecule has 2 aromatic carbocycles. The molecule has 2 atom stereocenters. The molecule has 0 spiro atoms. The SMILES string of the molecule is COc1ncc(-c2ccc(C(=O)N3[C@@H](c4ccccc4Cl)CC[C@H]3C(=O)O)cc2OC)cn1. The van der Waals surface area contributed by atoms with E-state index in [-0.39, 0.29) is 6.01 Å². The van der Waals surface area contributed by atoms with Crippen molar-refractivity contribution >= 4 is 23.5 Å². The van der Waals surface area contributed by atoms with Gasteiger partial charge in [-0.2, -0.15) is 0 Å². The molecular formula is C24H22ClN3O5. The van der Waals surface area contributed by atoms with Crippen LogP contribution in [-0.2, 0) is 4.79 Å². The van der Waals surface area contributed by atoms with E-state index < -0.39 is 24.0 Å². The number of hydrogen-bond donors (Lipinski definition) is 1. The molecule has 2 heterocycles. The van der Waals surface area contributed by atoms with Crippen molar-refractivity contribution in [2.45, 2.75) is 24.9 Å². The summed E-state index contributed by atoms with van der Waals surface area (Å²) >= 11 is 6.38. The molecule has 0 radical (unpaired) electrons. The average molecular weight is 468 g/mol. The Morgan fingerprint density at radius 1 is 1.06 bits per heavy atom. The quantitative estimate of drug-likeness (QED) is 0.578. The molecule has 0 aliphatic carbocycles. The average Bonchev–Trinajstić information content (AvgIpc) is 3.29. The molecule has 1 aliphatic heterocycles. The third-order valence-corrected chi connectivity index (χ3v) is 6.08. The fourth-order valence-electron chi connectivity index (χ4n) is 4.16. The van der Waals surface area contributed by atoms with Crippen molar-refractivity contribution in [3.05, 3.63) is 71.0 Å². The monoisotopic (exact) mass is 467 g/mol. The summed E-state index contributed by atoms with van der Waals surface area (Å²) < 4.78 is 10.5. The number of rotatable bonds is 6. The first-order valence-electron chi connectivity index (χ1n) is 10.3. The molecule has 170 valence electrons. The Morgan fingerprint density at radius 3 is 2.42 bits per heavy atom. The summed E-state index contributed by atoms with van der Waals surface area (Å²) in [7, 11) is 2.98. The third-order valence-electron chi connectivity index (χ3n) is 5.74. The first-order chi connectivity index (χ1) is 15.9. The number of halogens is 1. The number of methoxy groups -OCH3 is 2. The summed E-state index contributed by atoms with van der Waals surface area (Å²) in [5.74, 6) is -1.01. The summed E-state index contributed by atoms with van der Waals surface area (Å²) in [4.78, 5) is 35.2. The normalized spacial score (nSPS) is 17.6. The molecule has 1 amide bonds. The topological polar surface area (TPSA) is 102 Å². The van der Waals surface area contributed by atoms with E-state index >= 15 is 0 Å². The number of carboxylic acid groups (broad SMARTS) is 1. The van der Waals surface area contributed by atoms with Gasteiger partial charge in [0.2, 0.25) is 0 Å². The Hall–Kier alpha value is -3.65. The molecule has 8 nitrogen and oxygen atoms in total. The van der Waals surface area contributed by atoms with Gasteiger partial charge in [0.1, 0.15) is 11.8 Å². The van der Waals surface area contributed by atoms with Gasteiger partial charge in [-0.25, -0.2) is 14.8 Å². The van der Waals surface area contributed by atoms with Crippen molar-refractivity contribution < 1.29 is 24.2 Å². The van der Waals surface area contributed by atoms with E-state index in [9.17, 15) is 14.7 Å². The van der Waals surface area contributed by atoms with E-state index in [2.05, 4.69) is 9.97 Å². The zero-order valence-corrected chi connectivity index (χ0v) is 18.8. The molecule has 1 fully saturated rings. The molecule has 9 heteroatoms. The maximum atomic E-state index is 13.6. The van der Waals surface area contributed by atoms with Gasteiger partial charge in [0.25, 0.3) is 5.91 Å². The molecule has 1 aliphatic rings. The van der Waals surface area contributed by atoms with Crippen LogP contribution in [0.2, 0.25) is 5.02 Å². The number of ether oxygens (including phenoxy) is 2. The number of aromatic nitrogens is 2. The van der Waals surface area contributed by atoms with E-state index in [4.69, 9.17) is 21.1 Å². The van der Waals surface area contributed by atoms with Gasteiger partial charge in [0.05, 0.1) is 20.3 Å². The maximum absolute atomic E-state index is 13.6. The van der Waals surface area contributed by atoms with Crippen molar-refractivity contribution in [3.8, 4) is 22.9 Å². The zero-order valence-electron chi connectivity index (χ0n) is 18.1. The van der Waals surface area contributed by atoms with Crippen LogP contribution in [0.3, 0.4) is 0 Å². The highest BCUT2D eigenvalue weighted by atomic mass is 35.5. The molecule has 0 bridgehead atoms. The summed E-state index contributed by atoms with van der Waals surface area (Å²) in [6.45, 7) is 0. The lowest BCUT2D eigenvalue weighted by molar-refractivity contribution is -0.141. The molecule has 0 saturated carbocycles. The van der Waals surface area contributed by atoms with Crippen LogP contribution in [0.15, 0.2) is 54.9 Å². The van der Waals surface area contributed by atoms with Crippen LogP contribution >= 0.6 is 11.6 Å². The Balaban J connectivity index is 1.71. The summed E-state index contributed by atoms with van der Waals surface area (Å²) in [6.07, 6.45) is 4.04. The highest BCUT2D eigenvalue weighted by molar-refractivity contribution is 6.31. The second-order valence-electron chi connectivity index (χ2n) is 7.55. The predicted octanol–water partition coefficient (Wildman–Crippen LogP) is 4.24. The van der Waals surface area contributed by atoms with Crippen LogP contribution in [0.25, 0.3) is 11.1 Å². The summed E-state index contributed by atoms with van der Waals surface area (Å²) in [6, 6.07) is 11.0. The van der Waals surface area contributed by atoms with E-state index in [1.165, 1.54) is 19.1 Å². The number of carbonyl (C=O) groups is 2. The second-order valence-corrected chi connectivity index (χ2v) is 7.96. The molecule has 1 saturated heterocycles. The Bertz CT molecular complexity index is 1180. The standard InChI is InChI=1S/C24H22ClN3O5/c1-32-21-11-14(7-8-16(21)15-12-26-24(33-2)27-13-15)22(29)28-19(9-10-20(28)23(30)31)17-5-3-4-6-18(17)25/h3-8,11-13,19-20H,9-10H2,1-2H3,(H,30,31)/t19-,20+/m1/s1. The summed E-state index contributed by atoms with van der Waals surface area (Å²) in [5.41, 5.74) is 2.42. The lowest BCUT2D eigenvalue weighted by Gasteiger charge is -2.29. The van der Waals surface area contributed by atoms with Crippen LogP contribution in [-0.4, -0.2) is 52.1 Å². The first kappa shape index (κ1) is 22.5. The molecular weight excluding hydrogens is 446 g/mol. The van der Waals surface area contributed by atoms with Gasteiger partial charge in [-0.3, -0.25) is 4.79 Å². The minimum Gasteiger partial charge on any atom is -0.496 e. The van der Waals surface area contributed by atoms with E-state index in [1.54, 1.807) is 42.7 Å². The van der Waals surface area contributed by atoms with Crippen molar-refractivity contribution in [2.24, 2.45) is 0 Å². The third kappa shape index (κ3) is 4.34. The second kappa shape index (κ2) is 9.46. The van der Waals surface area contributed by atoms with E-state index in [1.807, 2.05) is 12.1 Å². The largest absolute Gasteiger partial charge is 0.496 e. The van der Waals surface area contributed by atoms with Crippen LogP contribution in [0, 0.1) is 0 Å². The van der Waals surface area contributed by atoms with Crippen molar-refractivity contribution in [3.63, 3.8) is 0 Å². The minimum atomic E-state index is -1.04. The fraction of sp³-hybridized carbons (Fsp3) is 0.250. The zero-order chi connectivity index (χ0) is 23.5. The predicted molar refractivity (Wildman–Crippen MR) is 122 cm³/mol. The molecule has 1 N–H and O–H groups in total. The molecule has 3 aromatic rings. The molecule has 4 rings (SSSR count). The smallest absolute Gasteiger partial charge is 0.326 e. The van der Waals surface area contributed by atoms with Gasteiger partial charge in [0.15, 0.2) is 0 Å². The summed E-state index contributed by atoms with van der Waals surface area (Å²) in [5, 5.41) is 10.3. The van der Waals surface area contributed by atoms with E-state index in [0.717, 1.165) is 5.56 Å². The number of hydrogen-bond acceptors (Lipinski definition) is 6. The Kier molecular flexibility index (Phi) is 6.46. The van der Waals surface area contributed by atoms with Crippen molar-refractivity contribution in [2.75, 3.05) is 14.2 Å². The number of likely N-dealkylation sites (tertiary alicyclic amines) is 1. The number of amides is 1. The molecule has 33 heavy (non-hydrogen) atoms. The highest BCUT2D eigenvalue weighted by Crippen LogP contribution is 2.41. The first-order valence-corrected chi connectivity index (χ1v) is 10.7. The Labute approximate surface area is 195 Å². The number of carbonyl (C=O) groups excluding carboxylic acids is 1. The fourth-order valence-corrected chi connectivity index (χ4v) is 4.42. The number of carboxylic acids is 1. The van der Waals surface area contributed by atoms with E-state index in [0.29, 0.717) is 40.3 Å². The molecule has 0 unspecified atom stereocenters. The van der Waals surface area contributed by atoms with Gasteiger partial charge in [-0.1, -0.05) is 29.8 Å². The van der Waals surface area contributed by atoms with Gasteiger partial charge in [0, 0.05) is 34.1 Å². The van der Waals surface area contributed by atoms with Gasteiger partial charge < -0.3 is 19.5 Å². The van der Waals surface area contributed by atoms with Gasteiger partial charge in [-0.15, -0.1) is 0 Å². The van der Waals surface area contributed by atoms with Crippen LogP contribution in [0.1, 0.15) is 34.8 Å². The Morgan fingerprint density at radius 2 is 1.79 bits per heavy atom. The van der Waals surface area contributed by atoms with Crippen molar-refractivity contribution in [1.29, 1.82) is 0 Å². The molecule has 1 aromatic heterocycles.